The first-order valence-corrected chi connectivity index (χ1v) is 11.5. The van der Waals surface area contributed by atoms with Gasteiger partial charge < -0.3 is 38.5 Å². The van der Waals surface area contributed by atoms with E-state index in [9.17, 15) is 9.59 Å². The maximum Gasteiger partial charge on any atom is 0.407 e. The molecule has 1 fully saturated rings. The van der Waals surface area contributed by atoms with E-state index < -0.39 is 23.8 Å². The van der Waals surface area contributed by atoms with Crippen LogP contribution < -0.4 is 24.3 Å². The van der Waals surface area contributed by atoms with Crippen molar-refractivity contribution in [2.24, 2.45) is 0 Å². The number of carbonyl (C=O) groups is 2. The van der Waals surface area contributed by atoms with Gasteiger partial charge in [0.05, 0.1) is 21.3 Å². The van der Waals surface area contributed by atoms with Crippen molar-refractivity contribution in [2.75, 3.05) is 34.7 Å². The third-order valence-corrected chi connectivity index (χ3v) is 5.77. The summed E-state index contributed by atoms with van der Waals surface area (Å²) in [6.45, 7) is 5.91. The fraction of sp³-hybridized carbons (Fsp3) is 0.462. The number of benzene rings is 2. The summed E-state index contributed by atoms with van der Waals surface area (Å²) in [6, 6.07) is 7.27. The molecule has 2 unspecified atom stereocenters. The van der Waals surface area contributed by atoms with E-state index in [2.05, 4.69) is 5.32 Å². The number of ether oxygens (including phenoxy) is 7. The molecule has 194 valence electrons. The molecule has 2 aliphatic rings. The second-order valence-corrected chi connectivity index (χ2v) is 9.32. The Bertz CT molecular complexity index is 1160. The zero-order valence-electron chi connectivity index (χ0n) is 21.3. The van der Waals surface area contributed by atoms with Crippen LogP contribution in [-0.4, -0.2) is 52.3 Å². The molecule has 0 bridgehead atoms. The summed E-state index contributed by atoms with van der Waals surface area (Å²) >= 11 is 0. The van der Waals surface area contributed by atoms with E-state index in [4.69, 9.17) is 33.2 Å². The molecular weight excluding hydrogens is 470 g/mol. The first-order valence-electron chi connectivity index (χ1n) is 11.5. The van der Waals surface area contributed by atoms with Crippen LogP contribution in [0.5, 0.6) is 23.0 Å². The summed E-state index contributed by atoms with van der Waals surface area (Å²) in [6.07, 6.45) is -0.749. The number of amides is 1. The number of epoxide rings is 1. The number of rotatable bonds is 8. The number of nitrogens with one attached hydrogen (secondary N) is 1. The monoisotopic (exact) mass is 501 g/mol. The Hall–Kier alpha value is -3.66. The summed E-state index contributed by atoms with van der Waals surface area (Å²) in [5, 5.41) is 2.78. The van der Waals surface area contributed by atoms with Gasteiger partial charge in [-0.3, -0.25) is 0 Å². The molecule has 10 nitrogen and oxygen atoms in total. The second kappa shape index (κ2) is 10.1. The molecule has 36 heavy (non-hydrogen) atoms. The van der Waals surface area contributed by atoms with Crippen molar-refractivity contribution in [2.45, 2.75) is 45.0 Å². The number of alkyl carbamates (subject to hydrolysis) is 1. The molecule has 1 amide bonds. The number of carbonyl (C=O) groups excluding carboxylic acids is 2. The van der Waals surface area contributed by atoms with Crippen molar-refractivity contribution in [1.82, 2.24) is 5.32 Å². The van der Waals surface area contributed by atoms with Crippen LogP contribution in [0.4, 0.5) is 4.79 Å². The predicted octanol–water partition coefficient (Wildman–Crippen LogP) is 4.10. The zero-order chi connectivity index (χ0) is 26.0. The van der Waals surface area contributed by atoms with Crippen LogP contribution in [0.1, 0.15) is 60.0 Å². The summed E-state index contributed by atoms with van der Waals surface area (Å²) in [5.41, 5.74) is 2.09. The Morgan fingerprint density at radius 3 is 2.33 bits per heavy atom. The molecule has 0 saturated carbocycles. The van der Waals surface area contributed by atoms with Gasteiger partial charge in [0.25, 0.3) is 0 Å². The number of hydrogen-bond acceptors (Lipinski definition) is 9. The zero-order valence-corrected chi connectivity index (χ0v) is 21.3. The second-order valence-electron chi connectivity index (χ2n) is 9.32. The fourth-order valence-electron chi connectivity index (χ4n) is 4.17. The quantitative estimate of drug-likeness (QED) is 0.422. The Balaban J connectivity index is 1.60. The number of hydrogen-bond donors (Lipinski definition) is 1. The summed E-state index contributed by atoms with van der Waals surface area (Å²) in [7, 11) is 4.27. The molecule has 2 aromatic rings. The highest BCUT2D eigenvalue weighted by Gasteiger charge is 2.46. The summed E-state index contributed by atoms with van der Waals surface area (Å²) in [4.78, 5) is 24.8. The average Bonchev–Trinajstić information content (AvgIpc) is 3.49. The minimum atomic E-state index is -0.583. The molecule has 2 heterocycles. The molecule has 0 spiro atoms. The van der Waals surface area contributed by atoms with Gasteiger partial charge in [-0.2, -0.15) is 0 Å². The highest BCUT2D eigenvalue weighted by atomic mass is 16.7. The lowest BCUT2D eigenvalue weighted by molar-refractivity contribution is 0.0527. The average molecular weight is 502 g/mol. The SMILES string of the molecule is COC(=O)c1c(C2OC2c2cc3c(cc2CCNC(=O)OC(C)(C)C)OCO3)ccc(OC)c1OC. The third kappa shape index (κ3) is 5.28. The van der Waals surface area contributed by atoms with Crippen molar-refractivity contribution in [1.29, 1.82) is 0 Å². The standard InChI is InChI=1S/C26H31NO9/c1-26(2,3)36-25(29)27-10-9-14-11-18-19(34-13-33-18)12-16(14)22-21(35-22)15-7-8-17(30-4)23(31-5)20(15)24(28)32-6/h7-8,11-12,21-22H,9-10,13H2,1-6H3,(H,27,29). The molecule has 0 aromatic heterocycles. The van der Waals surface area contributed by atoms with Crippen molar-refractivity contribution in [3.8, 4) is 23.0 Å². The molecule has 2 aliphatic heterocycles. The Morgan fingerprint density at radius 1 is 1.00 bits per heavy atom. The topological polar surface area (TPSA) is 114 Å². The normalized spacial score (nSPS) is 17.8. The molecule has 0 aliphatic carbocycles. The minimum Gasteiger partial charge on any atom is -0.493 e. The number of methoxy groups -OCH3 is 3. The molecule has 2 atom stereocenters. The lowest BCUT2D eigenvalue weighted by atomic mass is 9.94. The third-order valence-electron chi connectivity index (χ3n) is 5.77. The van der Waals surface area contributed by atoms with Crippen LogP contribution in [0, 0.1) is 0 Å². The lowest BCUT2D eigenvalue weighted by Crippen LogP contribution is -2.33. The smallest absolute Gasteiger partial charge is 0.407 e. The van der Waals surface area contributed by atoms with E-state index in [0.717, 1.165) is 11.1 Å². The van der Waals surface area contributed by atoms with Gasteiger partial charge in [-0.25, -0.2) is 9.59 Å². The summed E-state index contributed by atoms with van der Waals surface area (Å²) in [5.74, 6) is 1.38. The van der Waals surface area contributed by atoms with Crippen molar-refractivity contribution in [3.05, 3.63) is 46.5 Å². The minimum absolute atomic E-state index is 0.130. The van der Waals surface area contributed by atoms with E-state index in [1.54, 1.807) is 12.1 Å². The largest absolute Gasteiger partial charge is 0.493 e. The Kier molecular flexibility index (Phi) is 7.16. The molecule has 2 aromatic carbocycles. The number of esters is 1. The van der Waals surface area contributed by atoms with Gasteiger partial charge in [-0.15, -0.1) is 0 Å². The van der Waals surface area contributed by atoms with Crippen LogP contribution >= 0.6 is 0 Å². The van der Waals surface area contributed by atoms with Gasteiger partial charge >= 0.3 is 12.1 Å². The van der Waals surface area contributed by atoms with E-state index in [1.807, 2.05) is 32.9 Å². The number of fused-ring (bicyclic) bond motifs is 1. The van der Waals surface area contributed by atoms with Crippen molar-refractivity contribution >= 4 is 12.1 Å². The molecule has 0 radical (unpaired) electrons. The summed E-state index contributed by atoms with van der Waals surface area (Å²) < 4.78 is 38.4. The van der Waals surface area contributed by atoms with E-state index in [-0.39, 0.29) is 24.2 Å². The fourth-order valence-corrected chi connectivity index (χ4v) is 4.17. The maximum atomic E-state index is 12.7. The van der Waals surface area contributed by atoms with Gasteiger partial charge in [-0.1, -0.05) is 6.07 Å². The molecule has 4 rings (SSSR count). The molecular formula is C26H31NO9. The van der Waals surface area contributed by atoms with Crippen LogP contribution in [0.25, 0.3) is 0 Å². The molecule has 10 heteroatoms. The highest BCUT2D eigenvalue weighted by molar-refractivity contribution is 5.95. The lowest BCUT2D eigenvalue weighted by Gasteiger charge is -2.19. The van der Waals surface area contributed by atoms with Crippen molar-refractivity contribution < 1.29 is 42.7 Å². The van der Waals surface area contributed by atoms with Crippen LogP contribution in [0.3, 0.4) is 0 Å². The van der Waals surface area contributed by atoms with Gasteiger partial charge in [0.2, 0.25) is 6.79 Å². The van der Waals surface area contributed by atoms with Crippen molar-refractivity contribution in [3.63, 3.8) is 0 Å². The van der Waals surface area contributed by atoms with Crippen LogP contribution in [0.2, 0.25) is 0 Å². The Labute approximate surface area is 209 Å². The predicted molar refractivity (Wildman–Crippen MR) is 128 cm³/mol. The molecule has 1 saturated heterocycles. The van der Waals surface area contributed by atoms with Gasteiger partial charge in [-0.05, 0) is 56.5 Å². The first-order chi connectivity index (χ1) is 17.2. The maximum absolute atomic E-state index is 12.7. The molecule has 1 N–H and O–H groups in total. The van der Waals surface area contributed by atoms with Crippen LogP contribution in [-0.2, 0) is 20.6 Å². The Morgan fingerprint density at radius 2 is 1.69 bits per heavy atom. The van der Waals surface area contributed by atoms with Crippen LogP contribution in [0.15, 0.2) is 24.3 Å². The van der Waals surface area contributed by atoms with E-state index >= 15 is 0 Å². The van der Waals surface area contributed by atoms with E-state index in [1.165, 1.54) is 21.3 Å². The van der Waals surface area contributed by atoms with Gasteiger partial charge in [0, 0.05) is 12.1 Å². The first kappa shape index (κ1) is 25.4. The van der Waals surface area contributed by atoms with E-state index in [0.29, 0.717) is 35.8 Å². The highest BCUT2D eigenvalue weighted by Crippen LogP contribution is 2.56. The van der Waals surface area contributed by atoms with Gasteiger partial charge in [0.1, 0.15) is 23.4 Å². The van der Waals surface area contributed by atoms with Gasteiger partial charge in [0.15, 0.2) is 23.0 Å².